The highest BCUT2D eigenvalue weighted by Gasteiger charge is 2.23. The Morgan fingerprint density at radius 3 is 2.58 bits per heavy atom. The highest BCUT2D eigenvalue weighted by molar-refractivity contribution is 7.09. The van der Waals surface area contributed by atoms with Gasteiger partial charge in [0.1, 0.15) is 5.69 Å². The number of nitrogens with one attached hydrogen (secondary N) is 1. The van der Waals surface area contributed by atoms with Crippen LogP contribution in [0.4, 0.5) is 0 Å². The third kappa shape index (κ3) is 4.98. The van der Waals surface area contributed by atoms with E-state index in [4.69, 9.17) is 5.11 Å². The summed E-state index contributed by atoms with van der Waals surface area (Å²) in [6, 6.07) is 0. The zero-order valence-electron chi connectivity index (χ0n) is 11.7. The van der Waals surface area contributed by atoms with E-state index in [0.29, 0.717) is 18.0 Å². The first-order valence-electron chi connectivity index (χ1n) is 6.21. The molecule has 0 bridgehead atoms. The van der Waals surface area contributed by atoms with Crippen LogP contribution in [0.15, 0.2) is 5.38 Å². The van der Waals surface area contributed by atoms with Crippen molar-refractivity contribution in [3.63, 3.8) is 0 Å². The van der Waals surface area contributed by atoms with Crippen LogP contribution in [0.25, 0.3) is 0 Å². The highest BCUT2D eigenvalue weighted by atomic mass is 32.1. The third-order valence-electron chi connectivity index (χ3n) is 2.66. The maximum atomic E-state index is 12.0. The van der Waals surface area contributed by atoms with E-state index in [1.807, 2.05) is 27.7 Å². The molecular weight excluding hydrogens is 264 g/mol. The minimum absolute atomic E-state index is 0.0294. The molecule has 0 aliphatic rings. The molecule has 0 aliphatic carbocycles. The molecular formula is C13H20N2O3S. The Balaban J connectivity index is 2.64. The van der Waals surface area contributed by atoms with Crippen molar-refractivity contribution in [3.8, 4) is 0 Å². The summed E-state index contributed by atoms with van der Waals surface area (Å²) in [6.45, 7) is 7.67. The van der Waals surface area contributed by atoms with E-state index in [1.165, 1.54) is 11.3 Å². The molecule has 0 radical (unpaired) electrons. The van der Waals surface area contributed by atoms with Gasteiger partial charge in [-0.1, -0.05) is 13.8 Å². The van der Waals surface area contributed by atoms with Crippen molar-refractivity contribution in [2.75, 3.05) is 0 Å². The van der Waals surface area contributed by atoms with Gasteiger partial charge in [-0.05, 0) is 20.3 Å². The van der Waals surface area contributed by atoms with E-state index < -0.39 is 11.5 Å². The van der Waals surface area contributed by atoms with Crippen molar-refractivity contribution in [3.05, 3.63) is 16.1 Å². The standard InChI is InChI=1S/C13H20N2O3S/c1-8(2)12-14-9(7-19-12)11(18)15-13(3,4)6-5-10(16)17/h7-8H,5-6H2,1-4H3,(H,15,18)(H,16,17). The van der Waals surface area contributed by atoms with E-state index in [2.05, 4.69) is 10.3 Å². The molecule has 1 rings (SSSR count). The molecule has 6 heteroatoms. The maximum absolute atomic E-state index is 12.0. The summed E-state index contributed by atoms with van der Waals surface area (Å²) in [6.07, 6.45) is 0.414. The fourth-order valence-corrected chi connectivity index (χ4v) is 2.33. The molecule has 0 fully saturated rings. The average Bonchev–Trinajstić information content (AvgIpc) is 2.75. The zero-order chi connectivity index (χ0) is 14.6. The molecule has 0 aromatic carbocycles. The van der Waals surface area contributed by atoms with Gasteiger partial charge in [0.2, 0.25) is 0 Å². The van der Waals surface area contributed by atoms with E-state index >= 15 is 0 Å². The lowest BCUT2D eigenvalue weighted by molar-refractivity contribution is -0.137. The van der Waals surface area contributed by atoms with Crippen LogP contribution in [0.2, 0.25) is 0 Å². The first kappa shape index (κ1) is 15.6. The molecule has 2 N–H and O–H groups in total. The van der Waals surface area contributed by atoms with Crippen molar-refractivity contribution in [1.29, 1.82) is 0 Å². The number of carbonyl (C=O) groups excluding carboxylic acids is 1. The summed E-state index contributed by atoms with van der Waals surface area (Å²) < 4.78 is 0. The molecule has 0 unspecified atom stereocenters. The molecule has 1 heterocycles. The summed E-state index contributed by atoms with van der Waals surface area (Å²) in [7, 11) is 0. The summed E-state index contributed by atoms with van der Waals surface area (Å²) >= 11 is 1.46. The lowest BCUT2D eigenvalue weighted by atomic mass is 9.98. The van der Waals surface area contributed by atoms with Crippen molar-refractivity contribution in [2.24, 2.45) is 0 Å². The van der Waals surface area contributed by atoms with Crippen molar-refractivity contribution in [1.82, 2.24) is 10.3 Å². The van der Waals surface area contributed by atoms with Crippen molar-refractivity contribution < 1.29 is 14.7 Å². The lowest BCUT2D eigenvalue weighted by Gasteiger charge is -2.25. The molecule has 19 heavy (non-hydrogen) atoms. The first-order chi connectivity index (χ1) is 8.71. The van der Waals surface area contributed by atoms with Gasteiger partial charge >= 0.3 is 5.97 Å². The second-order valence-electron chi connectivity index (χ2n) is 5.46. The number of aromatic nitrogens is 1. The first-order valence-corrected chi connectivity index (χ1v) is 7.09. The van der Waals surface area contributed by atoms with Crippen LogP contribution in [-0.4, -0.2) is 27.5 Å². The number of carbonyl (C=O) groups is 2. The maximum Gasteiger partial charge on any atom is 0.303 e. The lowest BCUT2D eigenvalue weighted by Crippen LogP contribution is -2.43. The SMILES string of the molecule is CC(C)c1nc(C(=O)NC(C)(C)CCC(=O)O)cs1. The van der Waals surface area contributed by atoms with Gasteiger partial charge in [0.05, 0.1) is 5.01 Å². The molecule has 1 aromatic heterocycles. The fraction of sp³-hybridized carbons (Fsp3) is 0.615. The van der Waals surface area contributed by atoms with Crippen LogP contribution < -0.4 is 5.32 Å². The van der Waals surface area contributed by atoms with Crippen LogP contribution in [0.3, 0.4) is 0 Å². The number of carboxylic acids is 1. The molecule has 0 atom stereocenters. The zero-order valence-corrected chi connectivity index (χ0v) is 12.5. The molecule has 1 aromatic rings. The quantitative estimate of drug-likeness (QED) is 0.841. The number of carboxylic acid groups (broad SMARTS) is 1. The third-order valence-corrected chi connectivity index (χ3v) is 3.81. The Kier molecular flexibility index (Phi) is 5.05. The fourth-order valence-electron chi connectivity index (χ4n) is 1.51. The normalized spacial score (nSPS) is 11.6. The van der Waals surface area contributed by atoms with Crippen LogP contribution in [0.5, 0.6) is 0 Å². The van der Waals surface area contributed by atoms with Gasteiger partial charge in [0.25, 0.3) is 5.91 Å². The number of aliphatic carboxylic acids is 1. The molecule has 0 saturated heterocycles. The van der Waals surface area contributed by atoms with Crippen molar-refractivity contribution in [2.45, 2.75) is 52.0 Å². The van der Waals surface area contributed by atoms with Crippen molar-refractivity contribution >= 4 is 23.2 Å². The molecule has 106 valence electrons. The number of hydrogen-bond acceptors (Lipinski definition) is 4. The van der Waals surface area contributed by atoms with E-state index in [1.54, 1.807) is 5.38 Å². The Hall–Kier alpha value is -1.43. The Bertz CT molecular complexity index is 466. The number of nitrogens with zero attached hydrogens (tertiary/aromatic N) is 1. The van der Waals surface area contributed by atoms with Gasteiger partial charge in [-0.15, -0.1) is 11.3 Å². The predicted molar refractivity (Wildman–Crippen MR) is 74.6 cm³/mol. The van der Waals surface area contributed by atoms with E-state index in [0.717, 1.165) is 5.01 Å². The molecule has 1 amide bonds. The predicted octanol–water partition coefficient (Wildman–Crippen LogP) is 2.64. The Morgan fingerprint density at radius 1 is 1.47 bits per heavy atom. The minimum Gasteiger partial charge on any atom is -0.481 e. The number of amides is 1. The van der Waals surface area contributed by atoms with Gasteiger partial charge < -0.3 is 10.4 Å². The smallest absolute Gasteiger partial charge is 0.303 e. The summed E-state index contributed by atoms with van der Waals surface area (Å²) in [5.74, 6) is -0.816. The van der Waals surface area contributed by atoms with Gasteiger partial charge in [-0.3, -0.25) is 9.59 Å². The Morgan fingerprint density at radius 2 is 2.11 bits per heavy atom. The minimum atomic E-state index is -0.863. The van der Waals surface area contributed by atoms with Gasteiger partial charge in [-0.25, -0.2) is 4.98 Å². The molecule has 0 spiro atoms. The van der Waals surface area contributed by atoms with Crippen LogP contribution in [0, 0.1) is 0 Å². The topological polar surface area (TPSA) is 79.3 Å². The number of thiazole rings is 1. The number of hydrogen-bond donors (Lipinski definition) is 2. The summed E-state index contributed by atoms with van der Waals surface area (Å²) in [5.41, 5.74) is -0.158. The molecule has 0 saturated carbocycles. The van der Waals surface area contributed by atoms with Gasteiger partial charge in [0, 0.05) is 23.3 Å². The van der Waals surface area contributed by atoms with Crippen LogP contribution >= 0.6 is 11.3 Å². The van der Waals surface area contributed by atoms with Crippen LogP contribution in [-0.2, 0) is 4.79 Å². The summed E-state index contributed by atoms with van der Waals surface area (Å²) in [5, 5.41) is 14.1. The molecule has 0 aliphatic heterocycles. The van der Waals surface area contributed by atoms with E-state index in [9.17, 15) is 9.59 Å². The monoisotopic (exact) mass is 284 g/mol. The van der Waals surface area contributed by atoms with Crippen LogP contribution in [0.1, 0.15) is 62.0 Å². The second kappa shape index (κ2) is 6.14. The Labute approximate surface area is 117 Å². The summed E-state index contributed by atoms with van der Waals surface area (Å²) in [4.78, 5) is 26.9. The van der Waals surface area contributed by atoms with Gasteiger partial charge in [-0.2, -0.15) is 0 Å². The largest absolute Gasteiger partial charge is 0.481 e. The second-order valence-corrected chi connectivity index (χ2v) is 6.35. The average molecular weight is 284 g/mol. The van der Waals surface area contributed by atoms with E-state index in [-0.39, 0.29) is 12.3 Å². The highest BCUT2D eigenvalue weighted by Crippen LogP contribution is 2.20. The number of rotatable bonds is 6. The molecule has 5 nitrogen and oxygen atoms in total. The van der Waals surface area contributed by atoms with Gasteiger partial charge in [0.15, 0.2) is 0 Å².